The summed E-state index contributed by atoms with van der Waals surface area (Å²) in [6.07, 6.45) is -10.6. The van der Waals surface area contributed by atoms with Crippen LogP contribution in [-0.2, 0) is 23.8 Å². The summed E-state index contributed by atoms with van der Waals surface area (Å²) in [7, 11) is 0. The zero-order valence-electron chi connectivity index (χ0n) is 19.4. The quantitative estimate of drug-likeness (QED) is 0.204. The lowest BCUT2D eigenvalue weighted by Gasteiger charge is -2.27. The van der Waals surface area contributed by atoms with Crippen LogP contribution in [0.1, 0.15) is 41.0 Å². The Bertz CT molecular complexity index is 1180. The van der Waals surface area contributed by atoms with E-state index in [1.54, 1.807) is 0 Å². The molecule has 0 fully saturated rings. The summed E-state index contributed by atoms with van der Waals surface area (Å²) in [5, 5.41) is -0.249. The lowest BCUT2D eigenvalue weighted by Crippen LogP contribution is -2.43. The highest BCUT2D eigenvalue weighted by atomic mass is 19.4. The maximum absolute atomic E-state index is 13.5. The van der Waals surface area contributed by atoms with Crippen LogP contribution in [0.15, 0.2) is 24.4 Å². The van der Waals surface area contributed by atoms with Crippen LogP contribution in [0.3, 0.4) is 0 Å². The maximum Gasteiger partial charge on any atom is 0.490 e. The third kappa shape index (κ3) is 7.30. The van der Waals surface area contributed by atoms with Crippen molar-refractivity contribution in [2.45, 2.75) is 32.6 Å². The van der Waals surface area contributed by atoms with Gasteiger partial charge in [-0.15, -0.1) is 0 Å². The second kappa shape index (κ2) is 11.9. The Morgan fingerprint density at radius 2 is 1.51 bits per heavy atom. The minimum absolute atomic E-state index is 0.0276. The van der Waals surface area contributed by atoms with Crippen molar-refractivity contribution in [3.63, 3.8) is 0 Å². The van der Waals surface area contributed by atoms with E-state index in [-0.39, 0.29) is 34.6 Å². The fourth-order valence-electron chi connectivity index (χ4n) is 3.11. The van der Waals surface area contributed by atoms with Crippen molar-refractivity contribution < 1.29 is 59.7 Å². The van der Waals surface area contributed by atoms with Crippen LogP contribution in [0, 0.1) is 0 Å². The normalized spacial score (nSPS) is 11.7. The van der Waals surface area contributed by atoms with Gasteiger partial charge in [-0.3, -0.25) is 9.78 Å². The summed E-state index contributed by atoms with van der Waals surface area (Å²) in [5.41, 5.74) is -1.41. The van der Waals surface area contributed by atoms with E-state index in [1.165, 1.54) is 26.0 Å². The zero-order valence-corrected chi connectivity index (χ0v) is 19.4. The average molecular weight is 538 g/mol. The molecule has 0 aliphatic heterocycles. The Labute approximate surface area is 205 Å². The number of carbonyl (C=O) groups is 4. The van der Waals surface area contributed by atoms with E-state index in [9.17, 15) is 45.5 Å². The molecule has 0 spiro atoms. The van der Waals surface area contributed by atoms with Crippen LogP contribution < -0.4 is 4.90 Å². The molecule has 0 radical (unpaired) electrons. The van der Waals surface area contributed by atoms with Gasteiger partial charge in [-0.25, -0.2) is 14.4 Å². The molecule has 0 aliphatic rings. The SMILES string of the molecule is CCOC(=O)c1ccc2ncc(C(=O)OCC)c(N(CCCOC(=O)C(F)(F)F)C(=O)C(F)(F)F)c2c1. The fraction of sp³-hybridized carbons (Fsp3) is 0.409. The number of hydrogen-bond acceptors (Lipinski definition) is 8. The number of pyridine rings is 1. The molecule has 1 heterocycles. The van der Waals surface area contributed by atoms with Crippen LogP contribution in [-0.4, -0.2) is 67.5 Å². The molecular formula is C22H20F6N2O7. The number of esters is 3. The Kier molecular flexibility index (Phi) is 9.42. The molecule has 0 bridgehead atoms. The number of fused-ring (bicyclic) bond motifs is 1. The molecule has 1 aromatic heterocycles. The van der Waals surface area contributed by atoms with Crippen molar-refractivity contribution in [3.05, 3.63) is 35.5 Å². The Morgan fingerprint density at radius 1 is 0.892 bits per heavy atom. The molecule has 0 N–H and O–H groups in total. The number of nitrogens with zero attached hydrogens (tertiary/aromatic N) is 2. The first-order valence-electron chi connectivity index (χ1n) is 10.6. The van der Waals surface area contributed by atoms with Gasteiger partial charge >= 0.3 is 36.2 Å². The highest BCUT2D eigenvalue weighted by Gasteiger charge is 2.45. The number of anilines is 1. The average Bonchev–Trinajstić information content (AvgIpc) is 2.81. The third-order valence-corrected chi connectivity index (χ3v) is 4.59. The van der Waals surface area contributed by atoms with Crippen LogP contribution in [0.25, 0.3) is 10.9 Å². The molecule has 202 valence electrons. The van der Waals surface area contributed by atoms with Gasteiger partial charge in [0.05, 0.1) is 36.6 Å². The highest BCUT2D eigenvalue weighted by Crippen LogP contribution is 2.34. The fourth-order valence-corrected chi connectivity index (χ4v) is 3.11. The van der Waals surface area contributed by atoms with E-state index < -0.39 is 67.0 Å². The summed E-state index contributed by atoms with van der Waals surface area (Å²) < 4.78 is 91.4. The predicted molar refractivity (Wildman–Crippen MR) is 114 cm³/mol. The minimum atomic E-state index is -5.48. The van der Waals surface area contributed by atoms with Gasteiger partial charge in [0.1, 0.15) is 5.56 Å². The number of halogens is 6. The largest absolute Gasteiger partial charge is 0.490 e. The minimum Gasteiger partial charge on any atom is -0.462 e. The van der Waals surface area contributed by atoms with Crippen molar-refractivity contribution in [2.75, 3.05) is 31.3 Å². The molecule has 0 atom stereocenters. The number of benzene rings is 1. The van der Waals surface area contributed by atoms with E-state index in [0.717, 1.165) is 12.3 Å². The number of ether oxygens (including phenoxy) is 3. The summed E-state index contributed by atoms with van der Waals surface area (Å²) in [4.78, 5) is 52.1. The number of alkyl halides is 6. The molecule has 9 nitrogen and oxygen atoms in total. The molecule has 0 saturated heterocycles. The number of hydrogen-bond donors (Lipinski definition) is 0. The topological polar surface area (TPSA) is 112 Å². The highest BCUT2D eigenvalue weighted by molar-refractivity contribution is 6.13. The lowest BCUT2D eigenvalue weighted by molar-refractivity contribution is -0.199. The van der Waals surface area contributed by atoms with Gasteiger partial charge in [-0.05, 0) is 38.5 Å². The van der Waals surface area contributed by atoms with Crippen LogP contribution in [0.4, 0.5) is 32.0 Å². The second-order valence-electron chi connectivity index (χ2n) is 7.14. The number of carbonyl (C=O) groups excluding carboxylic acids is 4. The van der Waals surface area contributed by atoms with Gasteiger partial charge in [0.25, 0.3) is 0 Å². The van der Waals surface area contributed by atoms with Crippen molar-refractivity contribution >= 4 is 40.4 Å². The first-order chi connectivity index (χ1) is 17.2. The molecule has 15 heteroatoms. The van der Waals surface area contributed by atoms with Crippen LogP contribution in [0.5, 0.6) is 0 Å². The van der Waals surface area contributed by atoms with Gasteiger partial charge in [0.15, 0.2) is 0 Å². The first kappa shape index (κ1) is 29.3. The molecule has 1 aromatic carbocycles. The molecule has 2 aromatic rings. The summed E-state index contributed by atoms with van der Waals surface area (Å²) >= 11 is 0. The van der Waals surface area contributed by atoms with Gasteiger partial charge in [-0.2, -0.15) is 26.3 Å². The smallest absolute Gasteiger partial charge is 0.462 e. The Balaban J connectivity index is 2.66. The molecule has 1 amide bonds. The number of amides is 1. The molecule has 37 heavy (non-hydrogen) atoms. The molecule has 0 unspecified atom stereocenters. The zero-order chi connectivity index (χ0) is 28.0. The van der Waals surface area contributed by atoms with Gasteiger partial charge in [0.2, 0.25) is 0 Å². The maximum atomic E-state index is 13.5. The van der Waals surface area contributed by atoms with Crippen LogP contribution >= 0.6 is 0 Å². The third-order valence-electron chi connectivity index (χ3n) is 4.59. The standard InChI is InChI=1S/C22H20F6N2O7/c1-3-35-17(31)12-6-7-15-13(10-12)16(14(11-29-15)18(32)36-4-2)30(19(33)21(23,24)25)8-5-9-37-20(34)22(26,27)28/h6-7,10-11H,3-5,8-9H2,1-2H3. The summed E-state index contributed by atoms with van der Waals surface area (Å²) in [6, 6.07) is 3.55. The molecule has 0 aliphatic carbocycles. The molecule has 2 rings (SSSR count). The molecular weight excluding hydrogens is 518 g/mol. The summed E-state index contributed by atoms with van der Waals surface area (Å²) in [5.74, 6) is -7.06. The van der Waals surface area contributed by atoms with E-state index in [0.29, 0.717) is 0 Å². The number of aromatic nitrogens is 1. The predicted octanol–water partition coefficient (Wildman–Crippen LogP) is 3.98. The van der Waals surface area contributed by atoms with Crippen molar-refractivity contribution in [1.29, 1.82) is 0 Å². The molecule has 0 saturated carbocycles. The van der Waals surface area contributed by atoms with Gasteiger partial charge in [0, 0.05) is 18.1 Å². The van der Waals surface area contributed by atoms with E-state index in [2.05, 4.69) is 9.72 Å². The van der Waals surface area contributed by atoms with Gasteiger partial charge in [-0.1, -0.05) is 0 Å². The Morgan fingerprint density at radius 3 is 2.08 bits per heavy atom. The van der Waals surface area contributed by atoms with E-state index in [1.807, 2.05) is 0 Å². The monoisotopic (exact) mass is 538 g/mol. The second-order valence-corrected chi connectivity index (χ2v) is 7.14. The Hall–Kier alpha value is -3.91. The van der Waals surface area contributed by atoms with Crippen molar-refractivity contribution in [1.82, 2.24) is 4.98 Å². The van der Waals surface area contributed by atoms with Crippen molar-refractivity contribution in [2.24, 2.45) is 0 Å². The van der Waals surface area contributed by atoms with Crippen molar-refractivity contribution in [3.8, 4) is 0 Å². The number of rotatable bonds is 9. The lowest BCUT2D eigenvalue weighted by atomic mass is 10.0. The van der Waals surface area contributed by atoms with E-state index >= 15 is 0 Å². The summed E-state index contributed by atoms with van der Waals surface area (Å²) in [6.45, 7) is 0.781. The van der Waals surface area contributed by atoms with Crippen LogP contribution in [0.2, 0.25) is 0 Å². The van der Waals surface area contributed by atoms with E-state index in [4.69, 9.17) is 9.47 Å². The first-order valence-corrected chi connectivity index (χ1v) is 10.6. The van der Waals surface area contributed by atoms with Gasteiger partial charge < -0.3 is 19.1 Å².